The van der Waals surface area contributed by atoms with Gasteiger partial charge in [0.1, 0.15) is 22.3 Å². The monoisotopic (exact) mass is 577 g/mol. The van der Waals surface area contributed by atoms with Crippen LogP contribution >= 0.6 is 11.3 Å². The van der Waals surface area contributed by atoms with Gasteiger partial charge in [-0.15, -0.1) is 11.3 Å². The second-order valence-electron chi connectivity index (χ2n) is 12.2. The molecule has 2 aromatic rings. The van der Waals surface area contributed by atoms with Crippen molar-refractivity contribution in [2.75, 3.05) is 13.2 Å². The van der Waals surface area contributed by atoms with E-state index in [2.05, 4.69) is 28.1 Å². The maximum Gasteiger partial charge on any atom is 0.319 e. The number of carbonyl (C=O) groups is 4. The Hall–Kier alpha value is -3.73. The molecule has 11 heteroatoms. The molecular formula is C30H35N5O5S. The lowest BCUT2D eigenvalue weighted by molar-refractivity contribution is -0.144. The second-order valence-corrected chi connectivity index (χ2v) is 13.2. The predicted octanol–water partition coefficient (Wildman–Crippen LogP) is 3.83. The Morgan fingerprint density at radius 2 is 2.02 bits per heavy atom. The molecule has 2 aliphatic heterocycles. The molecule has 3 N–H and O–H groups in total. The summed E-state index contributed by atoms with van der Waals surface area (Å²) in [6, 6.07) is 3.25. The first-order chi connectivity index (χ1) is 19.5. The van der Waals surface area contributed by atoms with Crippen molar-refractivity contribution in [3.8, 4) is 5.75 Å². The Morgan fingerprint density at radius 1 is 1.24 bits per heavy atom. The summed E-state index contributed by atoms with van der Waals surface area (Å²) in [7, 11) is 0. The van der Waals surface area contributed by atoms with E-state index in [1.54, 1.807) is 28.4 Å². The van der Waals surface area contributed by atoms with Gasteiger partial charge in [-0.3, -0.25) is 19.7 Å². The van der Waals surface area contributed by atoms with Gasteiger partial charge in [-0.2, -0.15) is 0 Å². The Labute approximate surface area is 242 Å². The Morgan fingerprint density at radius 3 is 2.73 bits per heavy atom. The highest BCUT2D eigenvalue weighted by atomic mass is 32.1. The molecule has 5 amide bonds. The Balaban J connectivity index is 1.16. The number of aromatic nitrogens is 1. The van der Waals surface area contributed by atoms with E-state index >= 15 is 0 Å². The predicted molar refractivity (Wildman–Crippen MR) is 154 cm³/mol. The van der Waals surface area contributed by atoms with Crippen LogP contribution in [0.2, 0.25) is 0 Å². The van der Waals surface area contributed by atoms with Crippen LogP contribution in [-0.4, -0.2) is 52.8 Å². The average molecular weight is 578 g/mol. The van der Waals surface area contributed by atoms with Gasteiger partial charge in [0.05, 0.1) is 22.8 Å². The van der Waals surface area contributed by atoms with Gasteiger partial charge in [-0.05, 0) is 69.7 Å². The van der Waals surface area contributed by atoms with Crippen LogP contribution < -0.4 is 20.7 Å². The molecule has 3 fully saturated rings. The maximum absolute atomic E-state index is 13.2. The number of fused-ring (bicyclic) bond motifs is 2. The van der Waals surface area contributed by atoms with Gasteiger partial charge in [0, 0.05) is 24.1 Å². The topological polar surface area (TPSA) is 130 Å². The molecule has 3 atom stereocenters. The number of ether oxygens (including phenoxy) is 1. The number of piperidine rings is 1. The third-order valence-corrected chi connectivity index (χ3v) is 9.69. The SMILES string of the molecule is CCOc1cc(C2CC2)cc2sc(C(C)(C)NC(=O)NC3=CC4(C)CN(C5CCC(=O)NC5=O)C(=O)C4C=C3)nc12. The third-order valence-electron chi connectivity index (χ3n) is 8.36. The normalized spacial score (nSPS) is 26.1. The maximum atomic E-state index is 13.2. The highest BCUT2D eigenvalue weighted by Crippen LogP contribution is 2.45. The van der Waals surface area contributed by atoms with E-state index in [9.17, 15) is 19.2 Å². The molecule has 0 radical (unpaired) electrons. The van der Waals surface area contributed by atoms with Crippen molar-refractivity contribution in [3.63, 3.8) is 0 Å². The van der Waals surface area contributed by atoms with Crippen molar-refractivity contribution >= 4 is 45.3 Å². The molecule has 1 aromatic heterocycles. The van der Waals surface area contributed by atoms with Crippen LogP contribution in [0.15, 0.2) is 36.1 Å². The molecule has 1 saturated carbocycles. The minimum Gasteiger partial charge on any atom is -0.492 e. The fraction of sp³-hybridized carbons (Fsp3) is 0.500. The van der Waals surface area contributed by atoms with Crippen molar-refractivity contribution in [2.24, 2.45) is 11.3 Å². The number of imide groups is 1. The number of thiazole rings is 1. The van der Waals surface area contributed by atoms with E-state index in [0.29, 0.717) is 31.2 Å². The summed E-state index contributed by atoms with van der Waals surface area (Å²) in [5, 5.41) is 9.09. The summed E-state index contributed by atoms with van der Waals surface area (Å²) in [5.74, 6) is 0.0344. The summed E-state index contributed by atoms with van der Waals surface area (Å²) in [5.41, 5.74) is 1.31. The quantitative estimate of drug-likeness (QED) is 0.429. The molecule has 41 heavy (non-hydrogen) atoms. The van der Waals surface area contributed by atoms with Gasteiger partial charge in [0.2, 0.25) is 17.7 Å². The van der Waals surface area contributed by atoms with Gasteiger partial charge in [-0.1, -0.05) is 19.1 Å². The molecule has 2 saturated heterocycles. The number of hydrogen-bond acceptors (Lipinski definition) is 7. The van der Waals surface area contributed by atoms with E-state index in [4.69, 9.17) is 9.72 Å². The van der Waals surface area contributed by atoms with Crippen molar-refractivity contribution < 1.29 is 23.9 Å². The first kappa shape index (κ1) is 27.4. The van der Waals surface area contributed by atoms with Gasteiger partial charge in [0.25, 0.3) is 0 Å². The first-order valence-corrected chi connectivity index (χ1v) is 15.0. The molecule has 6 rings (SSSR count). The van der Waals surface area contributed by atoms with Crippen molar-refractivity contribution in [1.29, 1.82) is 0 Å². The molecule has 4 aliphatic rings. The van der Waals surface area contributed by atoms with Crippen molar-refractivity contribution in [2.45, 2.75) is 70.9 Å². The Kier molecular flexibility index (Phi) is 6.67. The third kappa shape index (κ3) is 5.11. The largest absolute Gasteiger partial charge is 0.492 e. The summed E-state index contributed by atoms with van der Waals surface area (Å²) in [4.78, 5) is 56.8. The zero-order valence-electron chi connectivity index (χ0n) is 23.7. The van der Waals surface area contributed by atoms with Gasteiger partial charge in [0.15, 0.2) is 0 Å². The van der Waals surface area contributed by atoms with Crippen LogP contribution in [-0.2, 0) is 19.9 Å². The lowest BCUT2D eigenvalue weighted by Crippen LogP contribution is -2.53. The summed E-state index contributed by atoms with van der Waals surface area (Å²) >= 11 is 1.56. The first-order valence-electron chi connectivity index (χ1n) is 14.2. The highest BCUT2D eigenvalue weighted by molar-refractivity contribution is 7.18. The molecule has 0 bridgehead atoms. The number of nitrogens with zero attached hydrogens (tertiary/aromatic N) is 2. The van der Waals surface area contributed by atoms with Crippen LogP contribution in [0.4, 0.5) is 4.79 Å². The number of nitrogens with one attached hydrogen (secondary N) is 3. The smallest absolute Gasteiger partial charge is 0.319 e. The number of amides is 5. The Bertz CT molecular complexity index is 1520. The number of rotatable bonds is 7. The zero-order chi connectivity index (χ0) is 29.1. The summed E-state index contributed by atoms with van der Waals surface area (Å²) < 4.78 is 6.97. The lowest BCUT2D eigenvalue weighted by atomic mass is 9.76. The van der Waals surface area contributed by atoms with E-state index in [-0.39, 0.29) is 24.3 Å². The summed E-state index contributed by atoms with van der Waals surface area (Å²) in [6.45, 7) is 8.62. The standard InChI is InChI=1S/C30H35N5O5S/c1-5-40-21-12-17(16-6-7-16)13-22-24(21)33-27(41-22)29(2,3)34-28(39)31-18-8-9-19-26(38)35(15-30(19,4)14-18)20-10-11-23(36)32-25(20)37/h8-9,12-14,16,19-20H,5-7,10-11,15H2,1-4H3,(H2,31,34,39)(H,32,36,37). The van der Waals surface area contributed by atoms with Crippen LogP contribution in [0.3, 0.4) is 0 Å². The fourth-order valence-corrected chi connectivity index (χ4v) is 7.16. The number of benzene rings is 1. The van der Waals surface area contributed by atoms with E-state index in [1.807, 2.05) is 33.8 Å². The molecule has 10 nitrogen and oxygen atoms in total. The highest BCUT2D eigenvalue weighted by Gasteiger charge is 2.51. The minimum atomic E-state index is -0.756. The zero-order valence-corrected chi connectivity index (χ0v) is 24.5. The molecule has 216 valence electrons. The minimum absolute atomic E-state index is 0.147. The van der Waals surface area contributed by atoms with Crippen LogP contribution in [0, 0.1) is 11.3 Å². The van der Waals surface area contributed by atoms with Crippen molar-refractivity contribution in [3.05, 3.63) is 46.6 Å². The number of carbonyl (C=O) groups excluding carboxylic acids is 4. The number of allylic oxidation sites excluding steroid dienone is 1. The number of likely N-dealkylation sites (tertiary alicyclic amines) is 1. The molecule has 3 unspecified atom stereocenters. The van der Waals surface area contributed by atoms with E-state index in [0.717, 1.165) is 21.0 Å². The summed E-state index contributed by atoms with van der Waals surface area (Å²) in [6.07, 6.45) is 8.33. The van der Waals surface area contributed by atoms with Gasteiger partial charge >= 0.3 is 6.03 Å². The number of urea groups is 1. The van der Waals surface area contributed by atoms with Crippen LogP contribution in [0.25, 0.3) is 10.2 Å². The molecular weight excluding hydrogens is 542 g/mol. The molecule has 1 aromatic carbocycles. The van der Waals surface area contributed by atoms with Crippen LogP contribution in [0.1, 0.15) is 69.9 Å². The van der Waals surface area contributed by atoms with E-state index < -0.39 is 28.8 Å². The molecule has 2 aliphatic carbocycles. The number of hydrogen-bond donors (Lipinski definition) is 3. The van der Waals surface area contributed by atoms with E-state index in [1.165, 1.54) is 18.4 Å². The fourth-order valence-electron chi connectivity index (χ4n) is 6.07. The van der Waals surface area contributed by atoms with Gasteiger partial charge < -0.3 is 20.3 Å². The molecule has 0 spiro atoms. The van der Waals surface area contributed by atoms with Crippen LogP contribution in [0.5, 0.6) is 5.75 Å². The average Bonchev–Trinajstić information content (AvgIpc) is 3.59. The molecule has 3 heterocycles. The van der Waals surface area contributed by atoms with Gasteiger partial charge in [-0.25, -0.2) is 9.78 Å². The lowest BCUT2D eigenvalue weighted by Gasteiger charge is -2.31. The van der Waals surface area contributed by atoms with Crippen molar-refractivity contribution in [1.82, 2.24) is 25.8 Å². The second kappa shape index (κ2) is 9.97.